The van der Waals surface area contributed by atoms with Gasteiger partial charge in [0.15, 0.2) is 5.69 Å². The molecule has 0 bridgehead atoms. The van der Waals surface area contributed by atoms with Gasteiger partial charge >= 0.3 is 0 Å². The summed E-state index contributed by atoms with van der Waals surface area (Å²) in [6.07, 6.45) is 2.46. The SMILES string of the molecule is O=C(NCCc1ccc(Cl)cc1)c1ccc(NCc2ccccn2)nn1. The number of anilines is 1. The molecule has 7 heteroatoms. The monoisotopic (exact) mass is 367 g/mol. The van der Waals surface area contributed by atoms with Crippen LogP contribution in [0.4, 0.5) is 5.82 Å². The van der Waals surface area contributed by atoms with Crippen LogP contribution in [0.2, 0.25) is 5.02 Å². The minimum atomic E-state index is -0.247. The number of carbonyl (C=O) groups is 1. The Balaban J connectivity index is 1.46. The van der Waals surface area contributed by atoms with E-state index in [2.05, 4.69) is 25.8 Å². The maximum Gasteiger partial charge on any atom is 0.271 e. The molecule has 2 heterocycles. The van der Waals surface area contributed by atoms with Crippen molar-refractivity contribution in [1.29, 1.82) is 0 Å². The Morgan fingerprint density at radius 3 is 2.54 bits per heavy atom. The van der Waals surface area contributed by atoms with Gasteiger partial charge in [-0.05, 0) is 48.4 Å². The van der Waals surface area contributed by atoms with Gasteiger partial charge < -0.3 is 10.6 Å². The molecular weight excluding hydrogens is 350 g/mol. The quantitative estimate of drug-likeness (QED) is 0.670. The maximum absolute atomic E-state index is 12.1. The molecule has 6 nitrogen and oxygen atoms in total. The number of rotatable bonds is 7. The zero-order valence-electron chi connectivity index (χ0n) is 14.0. The van der Waals surface area contributed by atoms with E-state index >= 15 is 0 Å². The predicted molar refractivity (Wildman–Crippen MR) is 101 cm³/mol. The van der Waals surface area contributed by atoms with Crippen LogP contribution in [-0.4, -0.2) is 27.6 Å². The maximum atomic E-state index is 12.1. The van der Waals surface area contributed by atoms with E-state index in [-0.39, 0.29) is 11.6 Å². The highest BCUT2D eigenvalue weighted by molar-refractivity contribution is 6.30. The van der Waals surface area contributed by atoms with Crippen LogP contribution in [0.3, 0.4) is 0 Å². The lowest BCUT2D eigenvalue weighted by Gasteiger charge is -2.06. The second-order valence-electron chi connectivity index (χ2n) is 5.61. The molecule has 0 fully saturated rings. The van der Waals surface area contributed by atoms with E-state index in [1.54, 1.807) is 18.3 Å². The average molecular weight is 368 g/mol. The molecule has 3 rings (SSSR count). The highest BCUT2D eigenvalue weighted by atomic mass is 35.5. The summed E-state index contributed by atoms with van der Waals surface area (Å²) in [5.41, 5.74) is 2.29. The summed E-state index contributed by atoms with van der Waals surface area (Å²) >= 11 is 5.85. The van der Waals surface area contributed by atoms with Gasteiger partial charge in [-0.3, -0.25) is 9.78 Å². The van der Waals surface area contributed by atoms with Crippen LogP contribution in [0.1, 0.15) is 21.7 Å². The molecule has 0 aliphatic rings. The fourth-order valence-electron chi connectivity index (χ4n) is 2.29. The Labute approximate surface area is 156 Å². The fraction of sp³-hybridized carbons (Fsp3) is 0.158. The standard InChI is InChI=1S/C19H18ClN5O/c20-15-6-4-14(5-7-15)10-12-22-19(26)17-8-9-18(25-24-17)23-13-16-3-1-2-11-21-16/h1-9,11H,10,12-13H2,(H,22,26)(H,23,25). The van der Waals surface area contributed by atoms with Crippen molar-refractivity contribution in [3.63, 3.8) is 0 Å². The molecule has 26 heavy (non-hydrogen) atoms. The zero-order chi connectivity index (χ0) is 18.2. The Morgan fingerprint density at radius 1 is 1.00 bits per heavy atom. The molecule has 0 aliphatic carbocycles. The second kappa shape index (κ2) is 8.92. The topological polar surface area (TPSA) is 79.8 Å². The van der Waals surface area contributed by atoms with E-state index in [1.165, 1.54) is 0 Å². The summed E-state index contributed by atoms with van der Waals surface area (Å²) < 4.78 is 0. The van der Waals surface area contributed by atoms with Crippen molar-refractivity contribution in [2.24, 2.45) is 0 Å². The molecule has 0 unspecified atom stereocenters. The molecule has 132 valence electrons. The van der Waals surface area contributed by atoms with Crippen molar-refractivity contribution in [1.82, 2.24) is 20.5 Å². The normalized spacial score (nSPS) is 10.3. The van der Waals surface area contributed by atoms with E-state index in [4.69, 9.17) is 11.6 Å². The molecule has 0 saturated heterocycles. The summed E-state index contributed by atoms with van der Waals surface area (Å²) in [5, 5.41) is 14.6. The fourth-order valence-corrected chi connectivity index (χ4v) is 2.42. The van der Waals surface area contributed by atoms with Crippen molar-refractivity contribution >= 4 is 23.3 Å². The number of benzene rings is 1. The summed E-state index contributed by atoms with van der Waals surface area (Å²) in [4.78, 5) is 16.3. The second-order valence-corrected chi connectivity index (χ2v) is 6.05. The van der Waals surface area contributed by atoms with Crippen molar-refractivity contribution < 1.29 is 4.79 Å². The molecule has 0 saturated carbocycles. The summed E-state index contributed by atoms with van der Waals surface area (Å²) in [6, 6.07) is 16.6. The highest BCUT2D eigenvalue weighted by Gasteiger charge is 2.07. The van der Waals surface area contributed by atoms with E-state index in [9.17, 15) is 4.79 Å². The molecule has 2 N–H and O–H groups in total. The first kappa shape index (κ1) is 17.8. The van der Waals surface area contributed by atoms with Gasteiger partial charge in [-0.2, -0.15) is 0 Å². The Morgan fingerprint density at radius 2 is 1.85 bits per heavy atom. The number of amides is 1. The van der Waals surface area contributed by atoms with Crippen molar-refractivity contribution in [3.8, 4) is 0 Å². The van der Waals surface area contributed by atoms with Crippen molar-refractivity contribution in [2.45, 2.75) is 13.0 Å². The highest BCUT2D eigenvalue weighted by Crippen LogP contribution is 2.09. The van der Waals surface area contributed by atoms with Crippen molar-refractivity contribution in [2.75, 3.05) is 11.9 Å². The molecule has 3 aromatic rings. The van der Waals surface area contributed by atoms with Gasteiger partial charge in [0.1, 0.15) is 5.82 Å². The lowest BCUT2D eigenvalue weighted by atomic mass is 10.1. The number of nitrogens with one attached hydrogen (secondary N) is 2. The first-order valence-electron chi connectivity index (χ1n) is 8.21. The lowest BCUT2D eigenvalue weighted by Crippen LogP contribution is -2.26. The number of carbonyl (C=O) groups excluding carboxylic acids is 1. The Kier molecular flexibility index (Phi) is 6.11. The number of halogens is 1. The molecule has 0 spiro atoms. The van der Waals surface area contributed by atoms with Gasteiger partial charge in [-0.1, -0.05) is 29.8 Å². The van der Waals surface area contributed by atoms with E-state index in [0.29, 0.717) is 23.9 Å². The number of pyridine rings is 1. The van der Waals surface area contributed by atoms with Gasteiger partial charge in [-0.25, -0.2) is 0 Å². The molecular formula is C19H18ClN5O. The third-order valence-corrected chi connectivity index (χ3v) is 3.94. The van der Waals surface area contributed by atoms with Gasteiger partial charge in [0.2, 0.25) is 0 Å². The van der Waals surface area contributed by atoms with Crippen LogP contribution in [0.25, 0.3) is 0 Å². The molecule has 1 aromatic carbocycles. The van der Waals surface area contributed by atoms with E-state index < -0.39 is 0 Å². The molecule has 0 radical (unpaired) electrons. The smallest absolute Gasteiger partial charge is 0.271 e. The van der Waals surface area contributed by atoms with Crippen LogP contribution >= 0.6 is 11.6 Å². The molecule has 0 atom stereocenters. The summed E-state index contributed by atoms with van der Waals surface area (Å²) in [5.74, 6) is 0.344. The van der Waals surface area contributed by atoms with Crippen LogP contribution in [0.15, 0.2) is 60.8 Å². The minimum Gasteiger partial charge on any atom is -0.363 e. The molecule has 2 aromatic heterocycles. The van der Waals surface area contributed by atoms with Crippen LogP contribution in [0.5, 0.6) is 0 Å². The lowest BCUT2D eigenvalue weighted by molar-refractivity contribution is 0.0948. The largest absolute Gasteiger partial charge is 0.363 e. The zero-order valence-corrected chi connectivity index (χ0v) is 14.8. The van der Waals surface area contributed by atoms with Gasteiger partial charge in [0, 0.05) is 17.8 Å². The Bertz CT molecular complexity index is 838. The predicted octanol–water partition coefficient (Wildman–Crippen LogP) is 3.11. The number of hydrogen-bond donors (Lipinski definition) is 2. The van der Waals surface area contributed by atoms with Gasteiger partial charge in [0.05, 0.1) is 12.2 Å². The molecule has 0 aliphatic heterocycles. The van der Waals surface area contributed by atoms with E-state index in [1.807, 2.05) is 42.5 Å². The van der Waals surface area contributed by atoms with Gasteiger partial charge in [0.25, 0.3) is 5.91 Å². The third-order valence-electron chi connectivity index (χ3n) is 3.69. The first-order valence-corrected chi connectivity index (χ1v) is 8.59. The van der Waals surface area contributed by atoms with Crippen LogP contribution in [-0.2, 0) is 13.0 Å². The number of aromatic nitrogens is 3. The summed E-state index contributed by atoms with van der Waals surface area (Å²) in [6.45, 7) is 1.06. The average Bonchev–Trinajstić information content (AvgIpc) is 2.69. The van der Waals surface area contributed by atoms with Crippen molar-refractivity contribution in [3.05, 3.63) is 82.8 Å². The number of hydrogen-bond acceptors (Lipinski definition) is 5. The van der Waals surface area contributed by atoms with E-state index in [0.717, 1.165) is 17.7 Å². The van der Waals surface area contributed by atoms with Crippen LogP contribution in [0, 0.1) is 0 Å². The molecule has 1 amide bonds. The van der Waals surface area contributed by atoms with Crippen LogP contribution < -0.4 is 10.6 Å². The minimum absolute atomic E-state index is 0.247. The Hall–Kier alpha value is -2.99. The number of nitrogens with zero attached hydrogens (tertiary/aromatic N) is 3. The first-order chi connectivity index (χ1) is 12.7. The third kappa shape index (κ3) is 5.26. The summed E-state index contributed by atoms with van der Waals surface area (Å²) in [7, 11) is 0. The van der Waals surface area contributed by atoms with Gasteiger partial charge in [-0.15, -0.1) is 10.2 Å².